The number of hydrogen-bond donors (Lipinski definition) is 0. The number of aryl methyl sites for hydroxylation is 1. The van der Waals surface area contributed by atoms with E-state index < -0.39 is 0 Å². The third-order valence-corrected chi connectivity index (χ3v) is 4.56. The highest BCUT2D eigenvalue weighted by molar-refractivity contribution is 5.31. The first kappa shape index (κ1) is 12.6. The second-order valence-electron chi connectivity index (χ2n) is 5.96. The number of benzene rings is 1. The minimum Gasteiger partial charge on any atom is -0.303 e. The van der Waals surface area contributed by atoms with Gasteiger partial charge in [-0.05, 0) is 43.9 Å². The Kier molecular flexibility index (Phi) is 3.58. The van der Waals surface area contributed by atoms with Crippen LogP contribution in [0, 0.1) is 18.8 Å². The molecule has 1 nitrogen and oxygen atoms in total. The fourth-order valence-electron chi connectivity index (χ4n) is 3.56. The van der Waals surface area contributed by atoms with E-state index in [1.54, 1.807) is 5.56 Å². The van der Waals surface area contributed by atoms with Crippen LogP contribution in [0.3, 0.4) is 0 Å². The van der Waals surface area contributed by atoms with Gasteiger partial charge in [0.25, 0.3) is 0 Å². The summed E-state index contributed by atoms with van der Waals surface area (Å²) < 4.78 is 0. The first-order valence-corrected chi connectivity index (χ1v) is 6.78. The van der Waals surface area contributed by atoms with Crippen molar-refractivity contribution < 1.29 is 0 Å². The summed E-state index contributed by atoms with van der Waals surface area (Å²) in [5.41, 5.74) is 3.01. The van der Waals surface area contributed by atoms with Gasteiger partial charge in [0.1, 0.15) is 0 Å². The Morgan fingerprint density at radius 2 is 1.88 bits per heavy atom. The highest BCUT2D eigenvalue weighted by Gasteiger charge is 2.39. The van der Waals surface area contributed by atoms with E-state index in [9.17, 15) is 0 Å². The molecule has 1 fully saturated rings. The van der Waals surface area contributed by atoms with Gasteiger partial charge in [-0.15, -0.1) is 0 Å². The summed E-state index contributed by atoms with van der Waals surface area (Å²) in [5, 5.41) is 0. The first-order chi connectivity index (χ1) is 8.02. The summed E-state index contributed by atoms with van der Waals surface area (Å²) in [6, 6.07) is 9.59. The van der Waals surface area contributed by atoms with E-state index in [4.69, 9.17) is 0 Å². The molecular formula is C16H25N. The first-order valence-electron chi connectivity index (χ1n) is 6.78. The minimum atomic E-state index is 0.694. The van der Waals surface area contributed by atoms with Crippen molar-refractivity contribution in [1.29, 1.82) is 0 Å². The number of likely N-dealkylation sites (tertiary alicyclic amines) is 1. The van der Waals surface area contributed by atoms with Crippen LogP contribution in [0.4, 0.5) is 0 Å². The van der Waals surface area contributed by atoms with Crippen molar-refractivity contribution in [3.8, 4) is 0 Å². The number of nitrogens with zero attached hydrogens (tertiary/aromatic N) is 1. The lowest BCUT2D eigenvalue weighted by atomic mass is 9.77. The van der Waals surface area contributed by atoms with Crippen LogP contribution in [-0.2, 0) is 0 Å². The molecule has 0 aromatic heterocycles. The molecule has 0 aliphatic carbocycles. The topological polar surface area (TPSA) is 3.24 Å². The van der Waals surface area contributed by atoms with Crippen LogP contribution in [0.1, 0.15) is 37.8 Å². The Hall–Kier alpha value is -0.820. The van der Waals surface area contributed by atoms with Crippen molar-refractivity contribution in [3.05, 3.63) is 35.4 Å². The van der Waals surface area contributed by atoms with Crippen molar-refractivity contribution in [3.63, 3.8) is 0 Å². The van der Waals surface area contributed by atoms with Gasteiger partial charge < -0.3 is 4.90 Å². The van der Waals surface area contributed by atoms with E-state index in [1.165, 1.54) is 12.1 Å². The van der Waals surface area contributed by atoms with Gasteiger partial charge in [-0.1, -0.05) is 38.1 Å². The monoisotopic (exact) mass is 231 g/mol. The van der Waals surface area contributed by atoms with Gasteiger partial charge in [-0.25, -0.2) is 0 Å². The van der Waals surface area contributed by atoms with E-state index in [1.807, 2.05) is 0 Å². The molecule has 0 amide bonds. The maximum atomic E-state index is 2.52. The Morgan fingerprint density at radius 1 is 1.24 bits per heavy atom. The van der Waals surface area contributed by atoms with Crippen molar-refractivity contribution in [2.75, 3.05) is 13.6 Å². The molecule has 0 N–H and O–H groups in total. The molecule has 2 rings (SSSR count). The fraction of sp³-hybridized carbons (Fsp3) is 0.625. The quantitative estimate of drug-likeness (QED) is 0.750. The van der Waals surface area contributed by atoms with Crippen LogP contribution in [0.15, 0.2) is 24.3 Å². The average molecular weight is 231 g/mol. The highest BCUT2D eigenvalue weighted by Crippen LogP contribution is 2.41. The molecular weight excluding hydrogens is 206 g/mol. The SMILES string of the molecule is Cc1ccccc1[C@@H]1CN(C)C(C)C1C(C)C. The second-order valence-corrected chi connectivity index (χ2v) is 5.96. The summed E-state index contributed by atoms with van der Waals surface area (Å²) in [4.78, 5) is 2.52. The third-order valence-electron chi connectivity index (χ3n) is 4.56. The molecule has 3 atom stereocenters. The number of hydrogen-bond acceptors (Lipinski definition) is 1. The minimum absolute atomic E-state index is 0.694. The zero-order chi connectivity index (χ0) is 12.6. The van der Waals surface area contributed by atoms with Gasteiger partial charge in [-0.2, -0.15) is 0 Å². The lowest BCUT2D eigenvalue weighted by Crippen LogP contribution is -2.28. The van der Waals surface area contributed by atoms with Gasteiger partial charge in [0.05, 0.1) is 0 Å². The molecule has 1 heteroatoms. The Balaban J connectivity index is 2.35. The summed E-state index contributed by atoms with van der Waals surface area (Å²) in [5.74, 6) is 2.23. The number of rotatable bonds is 2. The van der Waals surface area contributed by atoms with Crippen molar-refractivity contribution in [1.82, 2.24) is 4.90 Å². The molecule has 0 radical (unpaired) electrons. The molecule has 0 saturated carbocycles. The summed E-state index contributed by atoms with van der Waals surface area (Å²) >= 11 is 0. The molecule has 0 spiro atoms. The number of likely N-dealkylation sites (N-methyl/N-ethyl adjacent to an activating group) is 1. The predicted molar refractivity (Wildman–Crippen MR) is 74.3 cm³/mol. The van der Waals surface area contributed by atoms with Crippen LogP contribution in [0.2, 0.25) is 0 Å². The van der Waals surface area contributed by atoms with Crippen LogP contribution >= 0.6 is 0 Å². The van der Waals surface area contributed by atoms with Crippen molar-refractivity contribution >= 4 is 0 Å². The lowest BCUT2D eigenvalue weighted by molar-refractivity contribution is 0.251. The molecule has 2 unspecified atom stereocenters. The maximum Gasteiger partial charge on any atom is 0.0101 e. The molecule has 1 aliphatic rings. The van der Waals surface area contributed by atoms with Crippen LogP contribution in [0.5, 0.6) is 0 Å². The molecule has 1 heterocycles. The molecule has 17 heavy (non-hydrogen) atoms. The van der Waals surface area contributed by atoms with E-state index in [2.05, 4.69) is 63.9 Å². The zero-order valence-corrected chi connectivity index (χ0v) is 11.8. The molecule has 1 aromatic carbocycles. The molecule has 0 bridgehead atoms. The smallest absolute Gasteiger partial charge is 0.0101 e. The summed E-state index contributed by atoms with van der Waals surface area (Å²) in [7, 11) is 2.26. The largest absolute Gasteiger partial charge is 0.303 e. The molecule has 1 aromatic rings. The van der Waals surface area contributed by atoms with Crippen LogP contribution in [-0.4, -0.2) is 24.5 Å². The van der Waals surface area contributed by atoms with Gasteiger partial charge in [0.15, 0.2) is 0 Å². The average Bonchev–Trinajstić information content (AvgIpc) is 2.56. The van der Waals surface area contributed by atoms with Gasteiger partial charge in [0, 0.05) is 18.5 Å². The fourth-order valence-corrected chi connectivity index (χ4v) is 3.56. The lowest BCUT2D eigenvalue weighted by Gasteiger charge is -2.27. The highest BCUT2D eigenvalue weighted by atomic mass is 15.2. The second kappa shape index (κ2) is 4.81. The van der Waals surface area contributed by atoms with E-state index >= 15 is 0 Å². The van der Waals surface area contributed by atoms with E-state index in [-0.39, 0.29) is 0 Å². The molecule has 1 saturated heterocycles. The van der Waals surface area contributed by atoms with Gasteiger partial charge in [0.2, 0.25) is 0 Å². The summed E-state index contributed by atoms with van der Waals surface area (Å²) in [6.07, 6.45) is 0. The Morgan fingerprint density at radius 3 is 2.47 bits per heavy atom. The van der Waals surface area contributed by atoms with Gasteiger partial charge in [-0.3, -0.25) is 0 Å². The van der Waals surface area contributed by atoms with Crippen LogP contribution < -0.4 is 0 Å². The van der Waals surface area contributed by atoms with Crippen molar-refractivity contribution in [2.45, 2.75) is 39.7 Å². The Labute approximate surface area is 106 Å². The maximum absolute atomic E-state index is 2.52. The summed E-state index contributed by atoms with van der Waals surface area (Å²) in [6.45, 7) is 10.6. The van der Waals surface area contributed by atoms with E-state index in [0.717, 1.165) is 11.8 Å². The standard InChI is InChI=1S/C16H25N/c1-11(2)16-13(4)17(5)10-15(16)14-9-7-6-8-12(14)3/h6-9,11,13,15-16H,10H2,1-5H3/t13?,15-,16?/m0/s1. The zero-order valence-electron chi connectivity index (χ0n) is 11.8. The van der Waals surface area contributed by atoms with Gasteiger partial charge >= 0.3 is 0 Å². The Bertz CT molecular complexity index is 383. The van der Waals surface area contributed by atoms with E-state index in [0.29, 0.717) is 12.0 Å². The normalized spacial score (nSPS) is 30.1. The van der Waals surface area contributed by atoms with Crippen LogP contribution in [0.25, 0.3) is 0 Å². The molecule has 94 valence electrons. The molecule has 1 aliphatic heterocycles. The third kappa shape index (κ3) is 2.26. The predicted octanol–water partition coefficient (Wildman–Crippen LogP) is 3.68. The van der Waals surface area contributed by atoms with Crippen molar-refractivity contribution in [2.24, 2.45) is 11.8 Å².